The number of halogens is 1. The fourth-order valence-electron chi connectivity index (χ4n) is 2.90. The molecule has 1 atom stereocenters. The highest BCUT2D eigenvalue weighted by atomic mass is 35.5. The first-order valence-electron chi connectivity index (χ1n) is 8.43. The lowest BCUT2D eigenvalue weighted by Crippen LogP contribution is -2.43. The van der Waals surface area contributed by atoms with E-state index in [-0.39, 0.29) is 18.6 Å². The van der Waals surface area contributed by atoms with Crippen molar-refractivity contribution in [3.63, 3.8) is 0 Å². The molecule has 1 saturated heterocycles. The van der Waals surface area contributed by atoms with E-state index < -0.39 is 0 Å². The molecule has 7 nitrogen and oxygen atoms in total. The molecule has 1 amide bonds. The first-order chi connectivity index (χ1) is 12.6. The highest BCUT2D eigenvalue weighted by Crippen LogP contribution is 2.29. The van der Waals surface area contributed by atoms with Crippen molar-refractivity contribution in [3.05, 3.63) is 40.7 Å². The summed E-state index contributed by atoms with van der Waals surface area (Å²) in [6.07, 6.45) is 2.00. The van der Waals surface area contributed by atoms with Gasteiger partial charge in [0.2, 0.25) is 0 Å². The fraction of sp³-hybridized carbons (Fsp3) is 0.444. The number of methoxy groups -OCH3 is 2. The van der Waals surface area contributed by atoms with Crippen molar-refractivity contribution in [2.24, 2.45) is 0 Å². The molecule has 1 aromatic carbocycles. The fourth-order valence-corrected chi connectivity index (χ4v) is 3.13. The van der Waals surface area contributed by atoms with E-state index in [0.29, 0.717) is 34.5 Å². The van der Waals surface area contributed by atoms with Crippen molar-refractivity contribution in [2.45, 2.75) is 25.6 Å². The Bertz CT molecular complexity index is 765. The van der Waals surface area contributed by atoms with Gasteiger partial charge in [-0.15, -0.1) is 0 Å². The molecule has 2 aromatic rings. The average Bonchev–Trinajstić information content (AvgIpc) is 3.15. The number of ether oxygens (including phenoxy) is 3. The third-order valence-corrected chi connectivity index (χ3v) is 4.67. The highest BCUT2D eigenvalue weighted by molar-refractivity contribution is 6.32. The Labute approximate surface area is 157 Å². The van der Waals surface area contributed by atoms with E-state index in [2.05, 4.69) is 10.2 Å². The van der Waals surface area contributed by atoms with Gasteiger partial charge >= 0.3 is 0 Å². The molecule has 0 saturated carbocycles. The van der Waals surface area contributed by atoms with Gasteiger partial charge in [-0.1, -0.05) is 11.6 Å². The zero-order valence-electron chi connectivity index (χ0n) is 14.8. The summed E-state index contributed by atoms with van der Waals surface area (Å²) >= 11 is 6.16. The van der Waals surface area contributed by atoms with Gasteiger partial charge in [-0.2, -0.15) is 5.10 Å². The minimum absolute atomic E-state index is 0.0895. The summed E-state index contributed by atoms with van der Waals surface area (Å²) in [6.45, 7) is 1.54. The van der Waals surface area contributed by atoms with Gasteiger partial charge in [-0.05, 0) is 31.0 Å². The second-order valence-corrected chi connectivity index (χ2v) is 6.52. The summed E-state index contributed by atoms with van der Waals surface area (Å²) < 4.78 is 16.2. The van der Waals surface area contributed by atoms with Gasteiger partial charge < -0.3 is 19.1 Å². The molecular formula is C18H22ClN3O4. The largest absolute Gasteiger partial charge is 0.497 e. The third-order valence-electron chi connectivity index (χ3n) is 4.37. The number of H-pyrrole nitrogens is 1. The lowest BCUT2D eigenvalue weighted by atomic mass is 10.1. The van der Waals surface area contributed by atoms with Crippen LogP contribution in [0.4, 0.5) is 0 Å². The van der Waals surface area contributed by atoms with Gasteiger partial charge in [0.05, 0.1) is 23.9 Å². The van der Waals surface area contributed by atoms with E-state index in [1.165, 1.54) is 0 Å². The van der Waals surface area contributed by atoms with Crippen LogP contribution in [0.5, 0.6) is 11.5 Å². The smallest absolute Gasteiger partial charge is 0.274 e. The van der Waals surface area contributed by atoms with E-state index in [1.807, 2.05) is 0 Å². The second kappa shape index (κ2) is 8.42. The lowest BCUT2D eigenvalue weighted by Gasteiger charge is -2.31. The molecule has 0 unspecified atom stereocenters. The quantitative estimate of drug-likeness (QED) is 0.835. The number of likely N-dealkylation sites (tertiary alicyclic amines) is 1. The predicted molar refractivity (Wildman–Crippen MR) is 96.9 cm³/mol. The Balaban J connectivity index is 1.60. The maximum atomic E-state index is 12.6. The van der Waals surface area contributed by atoms with Gasteiger partial charge in [0.1, 0.15) is 18.1 Å². The molecule has 1 N–H and O–H groups in total. The summed E-state index contributed by atoms with van der Waals surface area (Å²) in [6, 6.07) is 6.89. The molecule has 1 aliphatic heterocycles. The summed E-state index contributed by atoms with van der Waals surface area (Å²) in [7, 11) is 3.25. The number of piperidine rings is 1. The first kappa shape index (κ1) is 18.5. The van der Waals surface area contributed by atoms with Crippen LogP contribution in [0.2, 0.25) is 5.02 Å². The topological polar surface area (TPSA) is 76.7 Å². The number of aromatic nitrogens is 2. The van der Waals surface area contributed by atoms with Crippen molar-refractivity contribution >= 4 is 17.5 Å². The molecule has 1 fully saturated rings. The molecule has 0 aliphatic carbocycles. The molecule has 2 heterocycles. The number of nitrogens with one attached hydrogen (secondary N) is 1. The van der Waals surface area contributed by atoms with Crippen LogP contribution in [0.25, 0.3) is 0 Å². The Morgan fingerprint density at radius 1 is 1.38 bits per heavy atom. The number of hydrogen-bond donors (Lipinski definition) is 1. The minimum atomic E-state index is -0.100. The van der Waals surface area contributed by atoms with Gasteiger partial charge in [-0.3, -0.25) is 9.89 Å². The Morgan fingerprint density at radius 2 is 2.23 bits per heavy atom. The number of aromatic amines is 1. The second-order valence-electron chi connectivity index (χ2n) is 6.11. The van der Waals surface area contributed by atoms with E-state index in [4.69, 9.17) is 25.8 Å². The van der Waals surface area contributed by atoms with Gasteiger partial charge in [0.15, 0.2) is 5.69 Å². The standard InChI is InChI=1S/C18H22ClN3O4/c1-24-13-5-6-17(15(19)9-13)26-11-12-8-16(21-20-12)18(23)22-7-3-4-14(10-22)25-2/h5-6,8-9,14H,3-4,7,10-11H2,1-2H3,(H,20,21)/t14-/m0/s1. The Morgan fingerprint density at radius 3 is 2.96 bits per heavy atom. The van der Waals surface area contributed by atoms with Crippen LogP contribution in [0.3, 0.4) is 0 Å². The number of amides is 1. The number of carbonyl (C=O) groups is 1. The van der Waals surface area contributed by atoms with Crippen molar-refractivity contribution in [1.29, 1.82) is 0 Å². The van der Waals surface area contributed by atoms with Crippen LogP contribution in [0.15, 0.2) is 24.3 Å². The summed E-state index contributed by atoms with van der Waals surface area (Å²) in [4.78, 5) is 14.4. The Kier molecular flexibility index (Phi) is 6.00. The van der Waals surface area contributed by atoms with Crippen molar-refractivity contribution < 1.29 is 19.0 Å². The zero-order valence-corrected chi connectivity index (χ0v) is 15.6. The van der Waals surface area contributed by atoms with Gasteiger partial charge in [-0.25, -0.2) is 0 Å². The van der Waals surface area contributed by atoms with Crippen molar-refractivity contribution in [3.8, 4) is 11.5 Å². The molecule has 26 heavy (non-hydrogen) atoms. The third kappa shape index (κ3) is 4.28. The maximum Gasteiger partial charge on any atom is 0.274 e. The van der Waals surface area contributed by atoms with Crippen LogP contribution in [-0.2, 0) is 11.3 Å². The highest BCUT2D eigenvalue weighted by Gasteiger charge is 2.25. The number of carbonyl (C=O) groups excluding carboxylic acids is 1. The van der Waals surface area contributed by atoms with Crippen molar-refractivity contribution in [1.82, 2.24) is 15.1 Å². The number of benzene rings is 1. The van der Waals surface area contributed by atoms with Crippen molar-refractivity contribution in [2.75, 3.05) is 27.3 Å². The van der Waals surface area contributed by atoms with E-state index in [0.717, 1.165) is 19.4 Å². The molecule has 1 aromatic heterocycles. The van der Waals surface area contributed by atoms with Crippen LogP contribution < -0.4 is 9.47 Å². The van der Waals surface area contributed by atoms with Crippen LogP contribution in [0, 0.1) is 0 Å². The summed E-state index contributed by atoms with van der Waals surface area (Å²) in [5.74, 6) is 1.10. The van der Waals surface area contributed by atoms with E-state index in [9.17, 15) is 4.79 Å². The SMILES string of the molecule is COc1ccc(OCc2cc(C(=O)N3CCC[C@H](OC)C3)n[nH]2)c(Cl)c1. The molecule has 140 valence electrons. The minimum Gasteiger partial charge on any atom is -0.497 e. The number of hydrogen-bond acceptors (Lipinski definition) is 5. The number of rotatable bonds is 6. The zero-order chi connectivity index (χ0) is 18.5. The molecule has 1 aliphatic rings. The lowest BCUT2D eigenvalue weighted by molar-refractivity contribution is 0.0265. The monoisotopic (exact) mass is 379 g/mol. The summed E-state index contributed by atoms with van der Waals surface area (Å²) in [5, 5.41) is 7.41. The van der Waals surface area contributed by atoms with E-state index >= 15 is 0 Å². The average molecular weight is 380 g/mol. The first-order valence-corrected chi connectivity index (χ1v) is 8.81. The molecule has 0 bridgehead atoms. The maximum absolute atomic E-state index is 12.6. The van der Waals surface area contributed by atoms with Gasteiger partial charge in [0.25, 0.3) is 5.91 Å². The molecule has 8 heteroatoms. The van der Waals surface area contributed by atoms with Crippen LogP contribution in [0.1, 0.15) is 29.0 Å². The molecular weight excluding hydrogens is 358 g/mol. The molecule has 0 spiro atoms. The van der Waals surface area contributed by atoms with Crippen LogP contribution in [-0.4, -0.2) is 54.4 Å². The van der Waals surface area contributed by atoms with E-state index in [1.54, 1.807) is 43.4 Å². The predicted octanol–water partition coefficient (Wildman–Crippen LogP) is 2.90. The van der Waals surface area contributed by atoms with Gasteiger partial charge in [0, 0.05) is 26.3 Å². The molecule has 3 rings (SSSR count). The Hall–Kier alpha value is -2.25. The number of nitrogens with zero attached hydrogens (tertiary/aromatic N) is 2. The summed E-state index contributed by atoms with van der Waals surface area (Å²) in [5.41, 5.74) is 1.07. The van der Waals surface area contributed by atoms with Crippen LogP contribution >= 0.6 is 11.6 Å². The molecule has 0 radical (unpaired) electrons. The normalized spacial score (nSPS) is 17.2.